The molecule has 4 aliphatic rings. The predicted molar refractivity (Wildman–Crippen MR) is 135 cm³/mol. The van der Waals surface area contributed by atoms with Crippen LogP contribution < -0.4 is 32.3 Å². The maximum Gasteiger partial charge on any atom is 0.237 e. The molecule has 0 aromatic carbocycles. The highest BCUT2D eigenvalue weighted by Crippen LogP contribution is 2.34. The zero-order chi connectivity index (χ0) is 24.8. The van der Waals surface area contributed by atoms with E-state index in [1.807, 2.05) is 0 Å². The van der Waals surface area contributed by atoms with Crippen LogP contribution in [-0.4, -0.2) is 43.5 Å². The molecule has 2 heterocycles. The van der Waals surface area contributed by atoms with E-state index >= 15 is 0 Å². The van der Waals surface area contributed by atoms with Crippen LogP contribution in [0.3, 0.4) is 0 Å². The Balaban J connectivity index is 1.09. The SMILES string of the molecule is CC1CCC(C2NOC(CCCC(=O)NCC(C)(C)CNC3NNC(=O)C4CCCCC34)N2)CC1. The Morgan fingerprint density at radius 1 is 1.09 bits per heavy atom. The summed E-state index contributed by atoms with van der Waals surface area (Å²) >= 11 is 0. The van der Waals surface area contributed by atoms with E-state index in [9.17, 15) is 9.59 Å². The zero-order valence-corrected chi connectivity index (χ0v) is 22.0. The standard InChI is InChI=1S/C26H48N6O3/c1-17-11-13-18(14-12-17)23-29-22(35-32-23)10-6-9-21(33)27-15-26(2,3)16-28-24-19-7-4-5-8-20(19)25(34)31-30-24/h17-20,22-24,28-30,32H,4-16H2,1-3H3,(H,27,33)(H,31,34). The first-order valence-corrected chi connectivity index (χ1v) is 14.0. The van der Waals surface area contributed by atoms with Crippen LogP contribution in [0.1, 0.15) is 91.4 Å². The number of hydrogen-bond donors (Lipinski definition) is 6. The molecule has 5 atom stereocenters. The quantitative estimate of drug-likeness (QED) is 0.277. The molecule has 5 unspecified atom stereocenters. The summed E-state index contributed by atoms with van der Waals surface area (Å²) in [4.78, 5) is 30.4. The molecular formula is C26H48N6O3. The zero-order valence-electron chi connectivity index (χ0n) is 22.0. The molecule has 4 fully saturated rings. The summed E-state index contributed by atoms with van der Waals surface area (Å²) < 4.78 is 0. The summed E-state index contributed by atoms with van der Waals surface area (Å²) in [5, 5.41) is 10.3. The lowest BCUT2D eigenvalue weighted by atomic mass is 9.76. The van der Waals surface area contributed by atoms with Crippen LogP contribution in [0.5, 0.6) is 0 Å². The lowest BCUT2D eigenvalue weighted by Crippen LogP contribution is -2.65. The fraction of sp³-hybridized carbons (Fsp3) is 0.923. The second-order valence-corrected chi connectivity index (χ2v) is 12.3. The molecule has 35 heavy (non-hydrogen) atoms. The molecule has 2 aliphatic carbocycles. The third-order valence-corrected chi connectivity index (χ3v) is 8.60. The molecule has 4 rings (SSSR count). The molecule has 2 aliphatic heterocycles. The van der Waals surface area contributed by atoms with E-state index in [0.29, 0.717) is 24.8 Å². The number of hydroxylamine groups is 1. The highest BCUT2D eigenvalue weighted by Gasteiger charge is 2.40. The largest absolute Gasteiger partial charge is 0.356 e. The van der Waals surface area contributed by atoms with Gasteiger partial charge in [-0.1, -0.05) is 46.5 Å². The predicted octanol–water partition coefficient (Wildman–Crippen LogP) is 2.26. The van der Waals surface area contributed by atoms with Gasteiger partial charge in [0.1, 0.15) is 6.23 Å². The van der Waals surface area contributed by atoms with Crippen molar-refractivity contribution in [3.8, 4) is 0 Å². The summed E-state index contributed by atoms with van der Waals surface area (Å²) in [6, 6.07) is 0. The molecule has 2 saturated carbocycles. The van der Waals surface area contributed by atoms with E-state index in [-0.39, 0.29) is 41.7 Å². The van der Waals surface area contributed by atoms with E-state index in [2.05, 4.69) is 53.1 Å². The Morgan fingerprint density at radius 2 is 1.86 bits per heavy atom. The summed E-state index contributed by atoms with van der Waals surface area (Å²) in [5.74, 6) is 2.16. The van der Waals surface area contributed by atoms with E-state index in [1.54, 1.807) is 0 Å². The van der Waals surface area contributed by atoms with Gasteiger partial charge in [0.05, 0.1) is 12.3 Å². The normalized spacial score (nSPS) is 35.9. The Hall–Kier alpha value is -1.26. The number of rotatable bonds is 10. The van der Waals surface area contributed by atoms with Crippen molar-refractivity contribution in [1.82, 2.24) is 32.3 Å². The molecule has 0 spiro atoms. The lowest BCUT2D eigenvalue weighted by Gasteiger charge is -2.42. The van der Waals surface area contributed by atoms with Gasteiger partial charge in [-0.25, -0.2) is 5.43 Å². The number of nitrogens with one attached hydrogen (secondary N) is 6. The minimum absolute atomic E-state index is 0.0140. The van der Waals surface area contributed by atoms with Crippen molar-refractivity contribution >= 4 is 11.8 Å². The summed E-state index contributed by atoms with van der Waals surface area (Å²) in [7, 11) is 0. The van der Waals surface area contributed by atoms with Gasteiger partial charge in [0.25, 0.3) is 0 Å². The summed E-state index contributed by atoms with van der Waals surface area (Å²) in [5.41, 5.74) is 9.11. The van der Waals surface area contributed by atoms with Crippen LogP contribution in [0.15, 0.2) is 0 Å². The summed E-state index contributed by atoms with van der Waals surface area (Å²) in [6.07, 6.45) is 11.9. The van der Waals surface area contributed by atoms with Crippen molar-refractivity contribution in [3.05, 3.63) is 0 Å². The number of carbonyl (C=O) groups excluding carboxylic acids is 2. The molecule has 2 saturated heterocycles. The van der Waals surface area contributed by atoms with Gasteiger partial charge in [0.15, 0.2) is 0 Å². The number of amides is 2. The van der Waals surface area contributed by atoms with E-state index in [4.69, 9.17) is 4.84 Å². The fourth-order valence-electron chi connectivity index (χ4n) is 6.18. The molecule has 9 nitrogen and oxygen atoms in total. The van der Waals surface area contributed by atoms with E-state index in [0.717, 1.165) is 44.6 Å². The second-order valence-electron chi connectivity index (χ2n) is 12.3. The van der Waals surface area contributed by atoms with E-state index < -0.39 is 0 Å². The average Bonchev–Trinajstić information content (AvgIpc) is 3.32. The van der Waals surface area contributed by atoms with Crippen molar-refractivity contribution < 1.29 is 14.4 Å². The first kappa shape index (κ1) is 26.8. The van der Waals surface area contributed by atoms with Crippen molar-refractivity contribution in [2.24, 2.45) is 29.1 Å². The molecule has 0 radical (unpaired) electrons. The third kappa shape index (κ3) is 7.61. The summed E-state index contributed by atoms with van der Waals surface area (Å²) in [6.45, 7) is 8.04. The second kappa shape index (κ2) is 12.3. The molecule has 0 aromatic heterocycles. The maximum atomic E-state index is 12.5. The first-order valence-electron chi connectivity index (χ1n) is 14.0. The first-order chi connectivity index (χ1) is 16.8. The van der Waals surface area contributed by atoms with Crippen LogP contribution in [-0.2, 0) is 14.4 Å². The van der Waals surface area contributed by atoms with E-state index in [1.165, 1.54) is 32.1 Å². The van der Waals surface area contributed by atoms with Crippen LogP contribution in [0.2, 0.25) is 0 Å². The molecule has 0 aromatic rings. The average molecular weight is 493 g/mol. The van der Waals surface area contributed by atoms with Gasteiger partial charge in [0.2, 0.25) is 11.8 Å². The van der Waals surface area contributed by atoms with Gasteiger partial charge in [-0.3, -0.25) is 30.5 Å². The number of carbonyl (C=O) groups is 2. The van der Waals surface area contributed by atoms with Gasteiger partial charge < -0.3 is 5.32 Å². The van der Waals surface area contributed by atoms with Gasteiger partial charge >= 0.3 is 0 Å². The van der Waals surface area contributed by atoms with Crippen LogP contribution in [0.4, 0.5) is 0 Å². The van der Waals surface area contributed by atoms with Crippen molar-refractivity contribution in [1.29, 1.82) is 0 Å². The van der Waals surface area contributed by atoms with Crippen LogP contribution in [0, 0.1) is 29.1 Å². The third-order valence-electron chi connectivity index (χ3n) is 8.60. The smallest absolute Gasteiger partial charge is 0.237 e. The monoisotopic (exact) mass is 492 g/mol. The Bertz CT molecular complexity index is 711. The molecule has 0 bridgehead atoms. The minimum atomic E-state index is -0.0896. The number of fused-ring (bicyclic) bond motifs is 1. The minimum Gasteiger partial charge on any atom is -0.356 e. The highest BCUT2D eigenvalue weighted by atomic mass is 16.7. The van der Waals surface area contributed by atoms with Gasteiger partial charge in [-0.15, -0.1) is 0 Å². The van der Waals surface area contributed by atoms with Gasteiger partial charge in [-0.05, 0) is 55.8 Å². The maximum absolute atomic E-state index is 12.5. The molecule has 9 heteroatoms. The molecule has 2 amide bonds. The molecule has 6 N–H and O–H groups in total. The van der Waals surface area contributed by atoms with Crippen LogP contribution >= 0.6 is 0 Å². The van der Waals surface area contributed by atoms with Gasteiger partial charge in [-0.2, -0.15) is 5.48 Å². The fourth-order valence-corrected chi connectivity index (χ4v) is 6.18. The van der Waals surface area contributed by atoms with Gasteiger partial charge in [0, 0.05) is 31.3 Å². The molecule has 200 valence electrons. The van der Waals surface area contributed by atoms with Crippen molar-refractivity contribution in [2.45, 2.75) is 110 Å². The van der Waals surface area contributed by atoms with Crippen molar-refractivity contribution in [2.75, 3.05) is 13.1 Å². The topological polar surface area (TPSA) is 116 Å². The Kier molecular flexibility index (Phi) is 9.43. The number of hydrazine groups is 1. The van der Waals surface area contributed by atoms with Crippen LogP contribution in [0.25, 0.3) is 0 Å². The lowest BCUT2D eigenvalue weighted by molar-refractivity contribution is -0.134. The highest BCUT2D eigenvalue weighted by molar-refractivity contribution is 5.79. The molecular weight excluding hydrogens is 444 g/mol. The Morgan fingerprint density at radius 3 is 2.66 bits per heavy atom. The van der Waals surface area contributed by atoms with Crippen molar-refractivity contribution in [3.63, 3.8) is 0 Å². The Labute approximate surface area is 210 Å². The number of hydrogen-bond acceptors (Lipinski definition) is 7.